The highest BCUT2D eigenvalue weighted by Gasteiger charge is 2.27. The zero-order valence-electron chi connectivity index (χ0n) is 23.2. The molecule has 2 heterocycles. The molecule has 1 N–H and O–H groups in total. The van der Waals surface area contributed by atoms with Gasteiger partial charge in [-0.3, -0.25) is 0 Å². The monoisotopic (exact) mass is 529 g/mol. The molecule has 0 spiro atoms. The van der Waals surface area contributed by atoms with E-state index in [2.05, 4.69) is 89.4 Å². The number of allylic oxidation sites excluding steroid dienone is 1. The third-order valence-corrected chi connectivity index (χ3v) is 8.33. The molecule has 5 rings (SSSR count). The minimum absolute atomic E-state index is 0.549. The Morgan fingerprint density at radius 3 is 2.39 bits per heavy atom. The van der Waals surface area contributed by atoms with Crippen molar-refractivity contribution in [2.45, 2.75) is 65.3 Å². The second-order valence-corrected chi connectivity index (χ2v) is 11.0. The molecule has 0 unspecified atom stereocenters. The number of nitrogens with one attached hydrogen (secondary N) is 1. The summed E-state index contributed by atoms with van der Waals surface area (Å²) >= 11 is 6.61. The van der Waals surface area contributed by atoms with E-state index in [0.29, 0.717) is 22.9 Å². The van der Waals surface area contributed by atoms with Crippen LogP contribution in [0.1, 0.15) is 74.8 Å². The van der Waals surface area contributed by atoms with Gasteiger partial charge in [-0.1, -0.05) is 61.4 Å². The Labute approximate surface area is 232 Å². The van der Waals surface area contributed by atoms with Crippen LogP contribution < -0.4 is 10.2 Å². The van der Waals surface area contributed by atoms with Crippen molar-refractivity contribution in [3.05, 3.63) is 82.1 Å². The third kappa shape index (κ3) is 6.05. The smallest absolute Gasteiger partial charge is 0.227 e. The Balaban J connectivity index is 1.39. The highest BCUT2D eigenvalue weighted by atomic mass is 35.5. The molecule has 1 aliphatic carbocycles. The minimum atomic E-state index is 0.549. The molecule has 0 bridgehead atoms. The summed E-state index contributed by atoms with van der Waals surface area (Å²) in [6.45, 7) is 13.1. The summed E-state index contributed by atoms with van der Waals surface area (Å²) in [7, 11) is 0. The Bertz CT molecular complexity index is 1270. The molecule has 38 heavy (non-hydrogen) atoms. The van der Waals surface area contributed by atoms with E-state index in [1.54, 1.807) is 6.20 Å². The largest absolute Gasteiger partial charge is 0.371 e. The molecule has 1 aromatic heterocycles. The van der Waals surface area contributed by atoms with Crippen LogP contribution in [-0.4, -0.2) is 47.1 Å². The first-order valence-electron chi connectivity index (χ1n) is 14.2. The second kappa shape index (κ2) is 11.9. The molecule has 0 radical (unpaired) electrons. The molecule has 0 atom stereocenters. The lowest BCUT2D eigenvalue weighted by Crippen LogP contribution is -2.44. The van der Waals surface area contributed by atoms with E-state index in [0.717, 1.165) is 48.7 Å². The van der Waals surface area contributed by atoms with Gasteiger partial charge in [0.05, 0.1) is 16.9 Å². The van der Waals surface area contributed by atoms with Crippen molar-refractivity contribution in [1.29, 1.82) is 0 Å². The van der Waals surface area contributed by atoms with Crippen molar-refractivity contribution in [3.63, 3.8) is 0 Å². The van der Waals surface area contributed by atoms with E-state index in [1.807, 2.05) is 6.92 Å². The quantitative estimate of drug-likeness (QED) is 0.306. The van der Waals surface area contributed by atoms with Gasteiger partial charge in [-0.2, -0.15) is 0 Å². The van der Waals surface area contributed by atoms with Crippen LogP contribution in [-0.2, 0) is 0 Å². The van der Waals surface area contributed by atoms with Gasteiger partial charge in [0.15, 0.2) is 0 Å². The fourth-order valence-corrected chi connectivity index (χ4v) is 5.88. The van der Waals surface area contributed by atoms with Gasteiger partial charge in [-0.05, 0) is 87.9 Å². The molecule has 3 aromatic rings. The molecule has 2 aromatic carbocycles. The van der Waals surface area contributed by atoms with Gasteiger partial charge >= 0.3 is 0 Å². The number of benzene rings is 2. The summed E-state index contributed by atoms with van der Waals surface area (Å²) in [5.41, 5.74) is 7.83. The van der Waals surface area contributed by atoms with Gasteiger partial charge in [0.1, 0.15) is 0 Å². The van der Waals surface area contributed by atoms with Crippen LogP contribution in [0.2, 0.25) is 5.02 Å². The number of hydrogen-bond acceptors (Lipinski definition) is 5. The Hall–Kier alpha value is -2.89. The molecule has 1 saturated heterocycles. The molecular weight excluding hydrogens is 490 g/mol. The Morgan fingerprint density at radius 2 is 1.76 bits per heavy atom. The molecular formula is C32H40ClN5. The number of aryl methyl sites for hydroxylation is 1. The number of anilines is 3. The predicted octanol–water partition coefficient (Wildman–Crippen LogP) is 7.82. The number of nitrogens with zero attached hydrogens (tertiary/aromatic N) is 4. The molecule has 0 amide bonds. The van der Waals surface area contributed by atoms with Gasteiger partial charge in [-0.15, -0.1) is 0 Å². The molecule has 1 saturated carbocycles. The molecule has 6 heteroatoms. The van der Waals surface area contributed by atoms with Crippen LogP contribution in [0.3, 0.4) is 0 Å². The molecule has 5 nitrogen and oxygen atoms in total. The number of piperidine rings is 1. The predicted molar refractivity (Wildman–Crippen MR) is 161 cm³/mol. The summed E-state index contributed by atoms with van der Waals surface area (Å²) in [5.74, 6) is 1.23. The summed E-state index contributed by atoms with van der Waals surface area (Å²) in [6.07, 6.45) is 8.75. The highest BCUT2D eigenvalue weighted by molar-refractivity contribution is 6.32. The van der Waals surface area contributed by atoms with Crippen LogP contribution in [0.15, 0.2) is 54.7 Å². The molecule has 2 fully saturated rings. The zero-order chi connectivity index (χ0) is 26.6. The summed E-state index contributed by atoms with van der Waals surface area (Å²) in [6, 6.07) is 16.1. The molecule has 200 valence electrons. The molecule has 2 aliphatic rings. The van der Waals surface area contributed by atoms with E-state index in [-0.39, 0.29) is 0 Å². The van der Waals surface area contributed by atoms with Gasteiger partial charge in [0.2, 0.25) is 5.95 Å². The fourth-order valence-electron chi connectivity index (χ4n) is 5.69. The lowest BCUT2D eigenvalue weighted by atomic mass is 10.0. The number of hydrogen-bond donors (Lipinski definition) is 1. The Morgan fingerprint density at radius 1 is 1.05 bits per heavy atom. The van der Waals surface area contributed by atoms with E-state index in [1.165, 1.54) is 42.5 Å². The van der Waals surface area contributed by atoms with Crippen LogP contribution >= 0.6 is 11.6 Å². The SMILES string of the molecule is C/C=C(\c1ccc(C)cc1)c1nc(Nc2cc(C3CC3)cc(N3CCC(N(CC)CC)CC3)c2)ncc1Cl. The van der Waals surface area contributed by atoms with E-state index < -0.39 is 0 Å². The van der Waals surface area contributed by atoms with Gasteiger partial charge in [0, 0.05) is 36.1 Å². The number of halogens is 1. The maximum absolute atomic E-state index is 6.61. The Kier molecular flexibility index (Phi) is 8.35. The van der Waals surface area contributed by atoms with E-state index in [9.17, 15) is 0 Å². The van der Waals surface area contributed by atoms with Gasteiger partial charge in [-0.25, -0.2) is 9.97 Å². The summed E-state index contributed by atoms with van der Waals surface area (Å²) in [5, 5.41) is 4.06. The van der Waals surface area contributed by atoms with Crippen molar-refractivity contribution in [3.8, 4) is 0 Å². The highest BCUT2D eigenvalue weighted by Crippen LogP contribution is 2.43. The normalized spacial score (nSPS) is 16.8. The van der Waals surface area contributed by atoms with Crippen molar-refractivity contribution in [2.24, 2.45) is 0 Å². The standard InChI is InChI=1S/C32H40ClN5/c1-5-29(24-10-8-22(4)9-11-24)31-30(33)21-34-32(36-31)35-26-18-25(23-12-13-23)19-28(20-26)38-16-14-27(15-17-38)37(6-2)7-3/h5,8-11,18-21,23,27H,6-7,12-17H2,1-4H3,(H,34,35,36)/b29-5+. The zero-order valence-corrected chi connectivity index (χ0v) is 23.9. The summed E-state index contributed by atoms with van der Waals surface area (Å²) in [4.78, 5) is 14.6. The minimum Gasteiger partial charge on any atom is -0.371 e. The van der Waals surface area contributed by atoms with Gasteiger partial charge < -0.3 is 15.1 Å². The summed E-state index contributed by atoms with van der Waals surface area (Å²) < 4.78 is 0. The lowest BCUT2D eigenvalue weighted by Gasteiger charge is -2.39. The van der Waals surface area contributed by atoms with Crippen LogP contribution in [0.25, 0.3) is 5.57 Å². The lowest BCUT2D eigenvalue weighted by molar-refractivity contribution is 0.186. The molecule has 1 aliphatic heterocycles. The topological polar surface area (TPSA) is 44.3 Å². The van der Waals surface area contributed by atoms with Gasteiger partial charge in [0.25, 0.3) is 0 Å². The maximum Gasteiger partial charge on any atom is 0.227 e. The van der Waals surface area contributed by atoms with Crippen molar-refractivity contribution in [2.75, 3.05) is 36.4 Å². The van der Waals surface area contributed by atoms with Crippen molar-refractivity contribution < 1.29 is 0 Å². The first kappa shape index (κ1) is 26.7. The number of rotatable bonds is 9. The average molecular weight is 530 g/mol. The maximum atomic E-state index is 6.61. The first-order valence-corrected chi connectivity index (χ1v) is 14.5. The second-order valence-electron chi connectivity index (χ2n) is 10.6. The fraction of sp³-hybridized carbons (Fsp3) is 0.438. The van der Waals surface area contributed by atoms with Crippen molar-refractivity contribution >= 4 is 34.5 Å². The van der Waals surface area contributed by atoms with Crippen LogP contribution in [0.4, 0.5) is 17.3 Å². The van der Waals surface area contributed by atoms with Crippen LogP contribution in [0, 0.1) is 6.92 Å². The average Bonchev–Trinajstić information content (AvgIpc) is 3.79. The first-order chi connectivity index (χ1) is 18.5. The van der Waals surface area contributed by atoms with E-state index >= 15 is 0 Å². The van der Waals surface area contributed by atoms with Crippen molar-refractivity contribution in [1.82, 2.24) is 14.9 Å². The third-order valence-electron chi connectivity index (χ3n) is 8.05. The number of aromatic nitrogens is 2. The van der Waals surface area contributed by atoms with E-state index in [4.69, 9.17) is 16.6 Å². The van der Waals surface area contributed by atoms with Crippen LogP contribution in [0.5, 0.6) is 0 Å².